The highest BCUT2D eigenvalue weighted by Crippen LogP contribution is 2.23. The monoisotopic (exact) mass is 469 g/mol. The quantitative estimate of drug-likeness (QED) is 0.626. The lowest BCUT2D eigenvalue weighted by molar-refractivity contribution is 0.0237. The van der Waals surface area contributed by atoms with Crippen LogP contribution in [0.1, 0.15) is 37.7 Å². The zero-order valence-electron chi connectivity index (χ0n) is 19.9. The number of hydrogen-bond donors (Lipinski definition) is 1. The fourth-order valence-electron chi connectivity index (χ4n) is 3.83. The third-order valence-corrected chi connectivity index (χ3v) is 5.52. The van der Waals surface area contributed by atoms with E-state index in [0.29, 0.717) is 30.0 Å². The van der Waals surface area contributed by atoms with Crippen molar-refractivity contribution in [2.24, 2.45) is 7.05 Å². The Hall–Kier alpha value is -3.76. The maximum atomic E-state index is 14.3. The number of fused-ring (bicyclic) bond motifs is 1. The third-order valence-electron chi connectivity index (χ3n) is 5.52. The molecule has 34 heavy (non-hydrogen) atoms. The molecule has 3 heterocycles. The van der Waals surface area contributed by atoms with Gasteiger partial charge in [0.2, 0.25) is 0 Å². The molecule has 1 aromatic carbocycles. The van der Waals surface area contributed by atoms with E-state index < -0.39 is 17.3 Å². The maximum Gasteiger partial charge on any atom is 0.410 e. The van der Waals surface area contributed by atoms with Crippen molar-refractivity contribution >= 4 is 34.4 Å². The van der Waals surface area contributed by atoms with E-state index in [1.165, 1.54) is 23.1 Å². The highest BCUT2D eigenvalue weighted by molar-refractivity contribution is 6.03. The van der Waals surface area contributed by atoms with Crippen molar-refractivity contribution in [3.63, 3.8) is 0 Å². The zero-order valence-corrected chi connectivity index (χ0v) is 19.9. The molecule has 1 fully saturated rings. The lowest BCUT2D eigenvalue weighted by Crippen LogP contribution is -2.42. The van der Waals surface area contributed by atoms with E-state index >= 15 is 0 Å². The molecular weight excluding hydrogens is 441 g/mol. The lowest BCUT2D eigenvalue weighted by atomic mass is 10.2. The summed E-state index contributed by atoms with van der Waals surface area (Å²) in [6.45, 7) is 6.78. The van der Waals surface area contributed by atoms with Crippen LogP contribution < -0.4 is 10.2 Å². The smallest absolute Gasteiger partial charge is 0.410 e. The lowest BCUT2D eigenvalue weighted by Gasteiger charge is -2.28. The van der Waals surface area contributed by atoms with Gasteiger partial charge in [0, 0.05) is 44.5 Å². The van der Waals surface area contributed by atoms with Crippen LogP contribution in [0, 0.1) is 5.82 Å². The van der Waals surface area contributed by atoms with Crippen molar-refractivity contribution in [3.8, 4) is 0 Å². The number of rotatable bonds is 4. The first-order valence-electron chi connectivity index (χ1n) is 11.0. The summed E-state index contributed by atoms with van der Waals surface area (Å²) < 4.78 is 21.2. The van der Waals surface area contributed by atoms with E-state index in [2.05, 4.69) is 20.4 Å². The molecule has 180 valence electrons. The van der Waals surface area contributed by atoms with E-state index in [1.54, 1.807) is 31.3 Å². The summed E-state index contributed by atoms with van der Waals surface area (Å²) in [6.07, 6.45) is 4.98. The van der Waals surface area contributed by atoms with Crippen molar-refractivity contribution in [1.82, 2.24) is 24.6 Å². The minimum absolute atomic E-state index is 0.0167. The summed E-state index contributed by atoms with van der Waals surface area (Å²) in [5.41, 5.74) is 0.102. The van der Waals surface area contributed by atoms with Crippen LogP contribution in [0.4, 0.5) is 20.7 Å². The second kappa shape index (κ2) is 8.88. The number of aromatic nitrogens is 4. The predicted octanol–water partition coefficient (Wildman–Crippen LogP) is 3.20. The molecule has 0 radical (unpaired) electrons. The van der Waals surface area contributed by atoms with Gasteiger partial charge in [-0.25, -0.2) is 19.2 Å². The number of ether oxygens (including phenoxy) is 1. The van der Waals surface area contributed by atoms with Crippen molar-refractivity contribution < 1.29 is 18.7 Å². The molecule has 1 N–H and O–H groups in total. The van der Waals surface area contributed by atoms with Gasteiger partial charge in [0.25, 0.3) is 5.91 Å². The number of nitrogens with zero attached hydrogens (tertiary/aromatic N) is 6. The average Bonchev–Trinajstić information content (AvgIpc) is 3.39. The standard InChI is InChI=1S/C23H28FN7O3/c1-23(2,3)34-22(33)30(5)16-6-7-31(13-16)19-11-25-18(10-26-19)21(32)27-15-8-14-12-29(4)28-20(14)17(24)9-15/h8-12,16H,6-7,13H2,1-5H3,(H,27,32). The number of amides is 2. The zero-order chi connectivity index (χ0) is 24.6. The molecule has 2 aromatic heterocycles. The van der Waals surface area contributed by atoms with Crippen LogP contribution >= 0.6 is 0 Å². The number of nitrogens with one attached hydrogen (secondary N) is 1. The van der Waals surface area contributed by atoms with Crippen LogP contribution in [0.25, 0.3) is 10.9 Å². The number of carbonyl (C=O) groups is 2. The van der Waals surface area contributed by atoms with Crippen molar-refractivity contribution in [2.45, 2.75) is 38.8 Å². The molecular formula is C23H28FN7O3. The first-order valence-corrected chi connectivity index (χ1v) is 11.0. The van der Waals surface area contributed by atoms with Crippen LogP contribution in [0.3, 0.4) is 0 Å². The molecule has 0 spiro atoms. The van der Waals surface area contributed by atoms with E-state index in [9.17, 15) is 14.0 Å². The second-order valence-corrected chi connectivity index (χ2v) is 9.39. The second-order valence-electron chi connectivity index (χ2n) is 9.39. The molecule has 0 bridgehead atoms. The van der Waals surface area contributed by atoms with Crippen LogP contribution in [0.5, 0.6) is 0 Å². The van der Waals surface area contributed by atoms with Gasteiger partial charge < -0.3 is 19.9 Å². The number of benzene rings is 1. The Morgan fingerprint density at radius 3 is 2.68 bits per heavy atom. The minimum atomic E-state index is -0.555. The number of likely N-dealkylation sites (N-methyl/N-ethyl adjacent to an activating group) is 1. The van der Waals surface area contributed by atoms with Gasteiger partial charge in [-0.2, -0.15) is 5.10 Å². The highest BCUT2D eigenvalue weighted by Gasteiger charge is 2.31. The Morgan fingerprint density at radius 1 is 1.24 bits per heavy atom. The van der Waals surface area contributed by atoms with Crippen molar-refractivity contribution in [3.05, 3.63) is 42.2 Å². The molecule has 1 saturated heterocycles. The van der Waals surface area contributed by atoms with E-state index in [1.807, 2.05) is 25.7 Å². The molecule has 3 aromatic rings. The van der Waals surface area contributed by atoms with Gasteiger partial charge in [-0.15, -0.1) is 0 Å². The minimum Gasteiger partial charge on any atom is -0.444 e. The third kappa shape index (κ3) is 5.08. The van der Waals surface area contributed by atoms with Gasteiger partial charge in [-0.05, 0) is 39.3 Å². The SMILES string of the molecule is CN(C(=O)OC(C)(C)C)C1CCN(c2cnc(C(=O)Nc3cc(F)c4nn(C)cc4c3)cn2)C1. The fraction of sp³-hybridized carbons (Fsp3) is 0.435. The number of carbonyl (C=O) groups excluding carboxylic acids is 2. The molecule has 11 heteroatoms. The normalized spacial score (nSPS) is 16.1. The predicted molar refractivity (Wildman–Crippen MR) is 125 cm³/mol. The number of anilines is 2. The number of aryl methyl sites for hydroxylation is 1. The summed E-state index contributed by atoms with van der Waals surface area (Å²) in [4.78, 5) is 37.2. The van der Waals surface area contributed by atoms with Gasteiger partial charge in [-0.3, -0.25) is 9.48 Å². The summed E-state index contributed by atoms with van der Waals surface area (Å²) in [5, 5.41) is 7.29. The fourth-order valence-corrected chi connectivity index (χ4v) is 3.83. The Balaban J connectivity index is 1.38. The van der Waals surface area contributed by atoms with Crippen LogP contribution in [-0.4, -0.2) is 68.4 Å². The van der Waals surface area contributed by atoms with Gasteiger partial charge >= 0.3 is 6.09 Å². The largest absolute Gasteiger partial charge is 0.444 e. The van der Waals surface area contributed by atoms with Gasteiger partial charge in [0.05, 0.1) is 18.4 Å². The molecule has 2 amide bonds. The van der Waals surface area contributed by atoms with Crippen LogP contribution in [-0.2, 0) is 11.8 Å². The van der Waals surface area contributed by atoms with E-state index in [0.717, 1.165) is 6.42 Å². The first kappa shape index (κ1) is 23.4. The average molecular weight is 470 g/mol. The first-order chi connectivity index (χ1) is 16.0. The molecule has 1 atom stereocenters. The summed E-state index contributed by atoms with van der Waals surface area (Å²) >= 11 is 0. The topological polar surface area (TPSA) is 105 Å². The van der Waals surface area contributed by atoms with E-state index in [-0.39, 0.29) is 23.3 Å². The Labute approximate surface area is 196 Å². The molecule has 0 aliphatic carbocycles. The van der Waals surface area contributed by atoms with Gasteiger partial charge in [0.15, 0.2) is 5.82 Å². The molecule has 0 saturated carbocycles. The summed E-state index contributed by atoms with van der Waals surface area (Å²) in [6, 6.07) is 2.86. The van der Waals surface area contributed by atoms with Crippen molar-refractivity contribution in [2.75, 3.05) is 30.4 Å². The maximum absolute atomic E-state index is 14.3. The number of hydrogen-bond acceptors (Lipinski definition) is 7. The van der Waals surface area contributed by atoms with E-state index in [4.69, 9.17) is 4.74 Å². The van der Waals surface area contributed by atoms with Crippen LogP contribution in [0.15, 0.2) is 30.7 Å². The Morgan fingerprint density at radius 2 is 2.00 bits per heavy atom. The van der Waals surface area contributed by atoms with Gasteiger partial charge in [-0.1, -0.05) is 0 Å². The molecule has 1 unspecified atom stereocenters. The molecule has 1 aliphatic heterocycles. The van der Waals surface area contributed by atoms with Crippen molar-refractivity contribution in [1.29, 1.82) is 0 Å². The molecule has 10 nitrogen and oxygen atoms in total. The van der Waals surface area contributed by atoms with Crippen LogP contribution in [0.2, 0.25) is 0 Å². The van der Waals surface area contributed by atoms with Gasteiger partial charge in [0.1, 0.15) is 22.6 Å². The molecule has 4 rings (SSSR count). The Kier molecular flexibility index (Phi) is 6.11. The summed E-state index contributed by atoms with van der Waals surface area (Å²) in [5.74, 6) is -0.403. The summed E-state index contributed by atoms with van der Waals surface area (Å²) in [7, 11) is 3.43. The Bertz CT molecular complexity index is 1220. The highest BCUT2D eigenvalue weighted by atomic mass is 19.1. The number of halogens is 1. The molecule has 1 aliphatic rings.